The van der Waals surface area contributed by atoms with Crippen molar-refractivity contribution in [1.82, 2.24) is 34.6 Å². The number of rotatable bonds is 10. The summed E-state index contributed by atoms with van der Waals surface area (Å²) in [7, 11) is 3.91. The minimum absolute atomic E-state index is 0.191. The van der Waals surface area contributed by atoms with Crippen LogP contribution in [0.5, 0.6) is 11.5 Å². The molecule has 1 fully saturated rings. The highest BCUT2D eigenvalue weighted by Crippen LogP contribution is 2.40. The number of urea groups is 1. The van der Waals surface area contributed by atoms with Gasteiger partial charge in [0.1, 0.15) is 41.7 Å². The minimum atomic E-state index is -0.456. The lowest BCUT2D eigenvalue weighted by atomic mass is 9.79. The Bertz CT molecular complexity index is 2140. The maximum Gasteiger partial charge on any atom is 0.320 e. The predicted molar refractivity (Wildman–Crippen MR) is 217 cm³/mol. The van der Waals surface area contributed by atoms with Crippen LogP contribution in [-0.4, -0.2) is 62.6 Å². The Kier molecular flexibility index (Phi) is 11.7. The fourth-order valence-corrected chi connectivity index (χ4v) is 8.11. The highest BCUT2D eigenvalue weighted by atomic mass is 19.1. The highest BCUT2D eigenvalue weighted by molar-refractivity contribution is 5.89. The van der Waals surface area contributed by atoms with E-state index >= 15 is 0 Å². The molecule has 2 unspecified atom stereocenters. The first kappa shape index (κ1) is 39.3. The van der Waals surface area contributed by atoms with Crippen LogP contribution in [0.25, 0.3) is 11.3 Å². The monoisotopic (exact) mass is 764 g/mol. The van der Waals surface area contributed by atoms with Gasteiger partial charge in [0.25, 0.3) is 0 Å². The number of ether oxygens (including phenoxy) is 2. The van der Waals surface area contributed by atoms with Crippen molar-refractivity contribution >= 4 is 17.5 Å². The summed E-state index contributed by atoms with van der Waals surface area (Å²) < 4.78 is 31.2. The summed E-state index contributed by atoms with van der Waals surface area (Å²) in [6.07, 6.45) is 9.32. The minimum Gasteiger partial charge on any atom is -0.492 e. The number of benzene rings is 2. The molecule has 0 spiro atoms. The zero-order valence-electron chi connectivity index (χ0n) is 33.9. The van der Waals surface area contributed by atoms with E-state index in [1.165, 1.54) is 37.8 Å². The number of carbonyl (C=O) groups excluding carboxylic acids is 1. The predicted octanol–water partition coefficient (Wildman–Crippen LogP) is 9.39. The van der Waals surface area contributed by atoms with Gasteiger partial charge < -0.3 is 19.7 Å². The molecule has 5 atom stereocenters. The molecule has 2 aromatic carbocycles. The third kappa shape index (κ3) is 9.01. The molecule has 5 aromatic rings. The van der Waals surface area contributed by atoms with Gasteiger partial charge in [-0.25, -0.2) is 13.9 Å². The number of fused-ring (bicyclic) bond motifs is 2. The molecule has 0 aliphatic heterocycles. The number of nitrogens with zero attached hydrogens (tertiary/aromatic N) is 6. The lowest BCUT2D eigenvalue weighted by molar-refractivity contribution is 0.171. The van der Waals surface area contributed by atoms with Crippen LogP contribution >= 0.6 is 0 Å². The van der Waals surface area contributed by atoms with Gasteiger partial charge in [0.2, 0.25) is 0 Å². The second-order valence-corrected chi connectivity index (χ2v) is 17.2. The van der Waals surface area contributed by atoms with Crippen LogP contribution in [0.1, 0.15) is 120 Å². The number of amides is 2. The molecule has 7 rings (SSSR count). The molecule has 0 bridgehead atoms. The second kappa shape index (κ2) is 16.6. The van der Waals surface area contributed by atoms with Crippen LogP contribution in [-0.2, 0) is 5.41 Å². The fourth-order valence-electron chi connectivity index (χ4n) is 8.11. The van der Waals surface area contributed by atoms with Crippen molar-refractivity contribution in [3.8, 4) is 17.2 Å². The Balaban J connectivity index is 1.08. The summed E-state index contributed by atoms with van der Waals surface area (Å²) in [5.74, 6) is 3.78. The van der Waals surface area contributed by atoms with Crippen molar-refractivity contribution in [2.24, 2.45) is 11.8 Å². The maximum atomic E-state index is 14.9. The van der Waals surface area contributed by atoms with Gasteiger partial charge >= 0.3 is 6.03 Å². The Morgan fingerprint density at radius 1 is 0.929 bits per heavy atom. The highest BCUT2D eigenvalue weighted by Gasteiger charge is 2.31. The Hall–Kier alpha value is -4.97. The average molecular weight is 765 g/mol. The molecule has 2 aliphatic rings. The quantitative estimate of drug-likeness (QED) is 0.146. The zero-order valence-corrected chi connectivity index (χ0v) is 33.9. The standard InChI is InChI=1S/C44H57FN8O3/c1-28-11-10-12-29(2)34(17-15-28)42-49-48-40-20-16-32(27-52(40)42)56-38-19-18-37(35-13-8-9-14-36(35)38)46-43(54)47-41-26-39(44(3,4)5)50-53(41)31-23-30(45)24-33(25-31)55-22-21-51(6)7/h8-9,13-14,16,20,23-29,34,37-38H,10-12,15,17-19,21-22H2,1-7H3,(H2,46,47,54)/t28-,29+,34?,37?,38-/m1/s1. The molecule has 3 aromatic heterocycles. The van der Waals surface area contributed by atoms with E-state index in [9.17, 15) is 9.18 Å². The summed E-state index contributed by atoms with van der Waals surface area (Å²) in [5.41, 5.74) is 3.76. The van der Waals surface area contributed by atoms with E-state index in [4.69, 9.17) is 19.7 Å². The van der Waals surface area contributed by atoms with Crippen molar-refractivity contribution in [2.45, 2.75) is 103 Å². The Morgan fingerprint density at radius 3 is 2.52 bits per heavy atom. The molecular weight excluding hydrogens is 708 g/mol. The molecule has 2 aliphatic carbocycles. The van der Waals surface area contributed by atoms with Crippen LogP contribution in [0.15, 0.2) is 66.9 Å². The first-order valence-electron chi connectivity index (χ1n) is 20.2. The number of likely N-dealkylation sites (N-methyl/N-ethyl adjacent to an activating group) is 1. The van der Waals surface area contributed by atoms with Crippen LogP contribution in [0.4, 0.5) is 15.0 Å². The first-order valence-corrected chi connectivity index (χ1v) is 20.2. The van der Waals surface area contributed by atoms with Crippen molar-refractivity contribution < 1.29 is 18.7 Å². The summed E-state index contributed by atoms with van der Waals surface area (Å²) in [5, 5.41) is 20.3. The largest absolute Gasteiger partial charge is 0.492 e. The van der Waals surface area contributed by atoms with E-state index in [-0.39, 0.29) is 23.6 Å². The summed E-state index contributed by atoms with van der Waals surface area (Å²) >= 11 is 0. The second-order valence-electron chi connectivity index (χ2n) is 17.2. The molecule has 0 saturated heterocycles. The zero-order chi connectivity index (χ0) is 39.6. The Labute approximate surface area is 330 Å². The molecular formula is C44H57FN8O3. The molecule has 2 amide bonds. The number of aromatic nitrogens is 5. The lowest BCUT2D eigenvalue weighted by Crippen LogP contribution is -2.36. The van der Waals surface area contributed by atoms with Gasteiger partial charge in [0, 0.05) is 36.1 Å². The molecule has 1 saturated carbocycles. The molecule has 3 heterocycles. The van der Waals surface area contributed by atoms with E-state index in [2.05, 4.69) is 46.1 Å². The summed E-state index contributed by atoms with van der Waals surface area (Å²) in [6.45, 7) is 11.9. The third-order valence-electron chi connectivity index (χ3n) is 11.4. The first-order chi connectivity index (χ1) is 26.8. The van der Waals surface area contributed by atoms with Crippen LogP contribution in [0.3, 0.4) is 0 Å². The normalized spacial score (nSPS) is 21.6. The Morgan fingerprint density at radius 2 is 1.73 bits per heavy atom. The molecule has 56 heavy (non-hydrogen) atoms. The average Bonchev–Trinajstić information content (AvgIpc) is 3.76. The lowest BCUT2D eigenvalue weighted by Gasteiger charge is -2.32. The van der Waals surface area contributed by atoms with Gasteiger partial charge in [0.15, 0.2) is 5.65 Å². The molecule has 11 nitrogen and oxygen atoms in total. The molecule has 12 heteroatoms. The van der Waals surface area contributed by atoms with E-state index in [0.29, 0.717) is 55.1 Å². The van der Waals surface area contributed by atoms with Gasteiger partial charge in [-0.15, -0.1) is 10.2 Å². The molecule has 2 N–H and O–H groups in total. The van der Waals surface area contributed by atoms with Crippen LogP contribution < -0.4 is 20.1 Å². The van der Waals surface area contributed by atoms with Crippen molar-refractivity contribution in [2.75, 3.05) is 32.6 Å². The topological polar surface area (TPSA) is 111 Å². The number of carbonyl (C=O) groups is 1. The number of nitrogens with one attached hydrogen (secondary N) is 2. The van der Waals surface area contributed by atoms with E-state index in [0.717, 1.165) is 46.4 Å². The van der Waals surface area contributed by atoms with Gasteiger partial charge in [-0.1, -0.05) is 84.6 Å². The van der Waals surface area contributed by atoms with E-state index in [1.54, 1.807) is 10.7 Å². The summed E-state index contributed by atoms with van der Waals surface area (Å²) in [4.78, 5) is 15.8. The van der Waals surface area contributed by atoms with Gasteiger partial charge in [0.05, 0.1) is 23.6 Å². The van der Waals surface area contributed by atoms with Crippen molar-refractivity contribution in [1.29, 1.82) is 0 Å². The van der Waals surface area contributed by atoms with E-state index < -0.39 is 5.82 Å². The van der Waals surface area contributed by atoms with E-state index in [1.807, 2.05) is 76.3 Å². The number of hydrogen-bond donors (Lipinski definition) is 2. The van der Waals surface area contributed by atoms with Gasteiger partial charge in [-0.3, -0.25) is 9.72 Å². The molecule has 0 radical (unpaired) electrons. The smallest absolute Gasteiger partial charge is 0.320 e. The number of anilines is 1. The summed E-state index contributed by atoms with van der Waals surface area (Å²) in [6, 6.07) is 17.8. The number of halogens is 1. The van der Waals surface area contributed by atoms with Crippen molar-refractivity contribution in [3.05, 3.63) is 95.3 Å². The molecule has 298 valence electrons. The van der Waals surface area contributed by atoms with Crippen LogP contribution in [0.2, 0.25) is 0 Å². The van der Waals surface area contributed by atoms with Gasteiger partial charge in [-0.05, 0) is 74.5 Å². The van der Waals surface area contributed by atoms with Crippen molar-refractivity contribution in [3.63, 3.8) is 0 Å². The SMILES string of the molecule is C[C@@H]1CCC[C@H](C)C(c2nnc3ccc(O[C@@H]4CCC(NC(=O)Nc5cc(C(C)(C)C)nn5-c5cc(F)cc(OCCN(C)C)c5)c5ccccc54)cn23)CC1. The fraction of sp³-hybridized carbons (Fsp3) is 0.500. The van der Waals surface area contributed by atoms with Crippen LogP contribution in [0, 0.1) is 17.7 Å². The number of pyridine rings is 1. The number of hydrogen-bond acceptors (Lipinski definition) is 7. The van der Waals surface area contributed by atoms with Gasteiger partial charge in [-0.2, -0.15) is 5.10 Å². The maximum absolute atomic E-state index is 14.9. The third-order valence-corrected chi connectivity index (χ3v) is 11.4.